The summed E-state index contributed by atoms with van der Waals surface area (Å²) in [4.78, 5) is 17.6. The van der Waals surface area contributed by atoms with E-state index in [9.17, 15) is 9.90 Å². The summed E-state index contributed by atoms with van der Waals surface area (Å²) in [5.74, 6) is 0.827. The van der Waals surface area contributed by atoms with Crippen molar-refractivity contribution in [3.8, 4) is 0 Å². The number of amides is 1. The molecular weight excluding hydrogens is 338 g/mol. The van der Waals surface area contributed by atoms with Gasteiger partial charge in [0, 0.05) is 22.9 Å². The highest BCUT2D eigenvalue weighted by atomic mass is 16.3. The van der Waals surface area contributed by atoms with E-state index in [1.807, 2.05) is 34.6 Å². The highest BCUT2D eigenvalue weighted by Crippen LogP contribution is 2.38. The van der Waals surface area contributed by atoms with Gasteiger partial charge in [-0.2, -0.15) is 0 Å². The molecule has 0 aromatic rings. The lowest BCUT2D eigenvalue weighted by Gasteiger charge is -2.25. The smallest absolute Gasteiger partial charge is 0.252 e. The molecule has 0 heterocycles. The van der Waals surface area contributed by atoms with Crippen LogP contribution in [0.1, 0.15) is 81.1 Å². The Labute approximate surface area is 165 Å². The lowest BCUT2D eigenvalue weighted by Crippen LogP contribution is -2.41. The quantitative estimate of drug-likeness (QED) is 0.339. The fourth-order valence-electron chi connectivity index (χ4n) is 2.97. The lowest BCUT2D eigenvalue weighted by atomic mass is 9.90. The number of carbonyl (C=O) groups is 1. The van der Waals surface area contributed by atoms with Gasteiger partial charge in [0.05, 0.1) is 12.1 Å². The molecule has 0 saturated heterocycles. The third-order valence-electron chi connectivity index (χ3n) is 5.04. The van der Waals surface area contributed by atoms with Gasteiger partial charge in [0.1, 0.15) is 5.82 Å². The van der Waals surface area contributed by atoms with E-state index >= 15 is 0 Å². The van der Waals surface area contributed by atoms with E-state index in [0.717, 1.165) is 42.7 Å². The van der Waals surface area contributed by atoms with E-state index in [1.54, 1.807) is 6.21 Å². The molecular formula is C22H39N3O2. The SMILES string of the molecule is C/C=N\C(NC1(C)CC1)=C(\C(C(=O)NC1(CO)CC1)=C(C)C)C(C)C.CC. The van der Waals surface area contributed by atoms with Crippen molar-refractivity contribution in [3.05, 3.63) is 22.5 Å². The third kappa shape index (κ3) is 6.20. The van der Waals surface area contributed by atoms with Gasteiger partial charge < -0.3 is 15.7 Å². The number of hydrogen-bond donors (Lipinski definition) is 3. The first-order valence-corrected chi connectivity index (χ1v) is 10.3. The van der Waals surface area contributed by atoms with Crippen molar-refractivity contribution in [2.45, 2.75) is 92.2 Å². The fraction of sp³-hybridized carbons (Fsp3) is 0.727. The second-order valence-corrected chi connectivity index (χ2v) is 8.26. The Morgan fingerprint density at radius 2 is 1.70 bits per heavy atom. The van der Waals surface area contributed by atoms with Crippen molar-refractivity contribution in [1.29, 1.82) is 0 Å². The largest absolute Gasteiger partial charge is 0.394 e. The molecule has 0 aromatic heterocycles. The topological polar surface area (TPSA) is 73.7 Å². The molecule has 2 fully saturated rings. The zero-order valence-corrected chi connectivity index (χ0v) is 18.5. The first-order chi connectivity index (χ1) is 12.7. The minimum Gasteiger partial charge on any atom is -0.394 e. The maximum Gasteiger partial charge on any atom is 0.252 e. The molecule has 0 bridgehead atoms. The van der Waals surface area contributed by atoms with Gasteiger partial charge in [-0.25, -0.2) is 4.99 Å². The zero-order chi connectivity index (χ0) is 20.8. The maximum absolute atomic E-state index is 13.0. The molecule has 5 nitrogen and oxygen atoms in total. The Kier molecular flexibility index (Phi) is 8.27. The van der Waals surface area contributed by atoms with Crippen LogP contribution in [0.25, 0.3) is 0 Å². The predicted molar refractivity (Wildman–Crippen MR) is 114 cm³/mol. The number of rotatable bonds is 8. The summed E-state index contributed by atoms with van der Waals surface area (Å²) in [6, 6.07) is 0. The molecule has 154 valence electrons. The minimum absolute atomic E-state index is 0.00814. The maximum atomic E-state index is 13.0. The van der Waals surface area contributed by atoms with Gasteiger partial charge in [0.25, 0.3) is 5.91 Å². The summed E-state index contributed by atoms with van der Waals surface area (Å²) in [5.41, 5.74) is 2.24. The van der Waals surface area contributed by atoms with E-state index in [-0.39, 0.29) is 24.0 Å². The number of carbonyl (C=O) groups excluding carboxylic acids is 1. The third-order valence-corrected chi connectivity index (χ3v) is 5.04. The summed E-state index contributed by atoms with van der Waals surface area (Å²) in [7, 11) is 0. The lowest BCUT2D eigenvalue weighted by molar-refractivity contribution is -0.118. The number of allylic oxidation sites excluding steroid dienone is 1. The van der Waals surface area contributed by atoms with Crippen LogP contribution in [0.4, 0.5) is 0 Å². The van der Waals surface area contributed by atoms with Crippen LogP contribution in [0, 0.1) is 5.92 Å². The Bertz CT molecular complexity index is 617. The predicted octanol–water partition coefficient (Wildman–Crippen LogP) is 4.09. The van der Waals surface area contributed by atoms with Crippen molar-refractivity contribution >= 4 is 12.1 Å². The van der Waals surface area contributed by atoms with Crippen LogP contribution in [0.15, 0.2) is 27.5 Å². The highest BCUT2D eigenvalue weighted by molar-refractivity contribution is 5.99. The molecule has 0 atom stereocenters. The van der Waals surface area contributed by atoms with Crippen LogP contribution in [-0.4, -0.2) is 34.9 Å². The normalized spacial score (nSPS) is 19.6. The molecule has 0 aliphatic heterocycles. The van der Waals surface area contributed by atoms with Crippen LogP contribution in [0.5, 0.6) is 0 Å². The monoisotopic (exact) mass is 377 g/mol. The Morgan fingerprint density at radius 3 is 2.04 bits per heavy atom. The van der Waals surface area contributed by atoms with Gasteiger partial charge in [-0.1, -0.05) is 33.3 Å². The van der Waals surface area contributed by atoms with E-state index in [1.165, 1.54) is 0 Å². The summed E-state index contributed by atoms with van der Waals surface area (Å²) in [6.07, 6.45) is 5.67. The average Bonchev–Trinajstić information content (AvgIpc) is 3.52. The van der Waals surface area contributed by atoms with Gasteiger partial charge in [0.2, 0.25) is 0 Å². The van der Waals surface area contributed by atoms with Crippen molar-refractivity contribution < 1.29 is 9.90 Å². The molecule has 0 unspecified atom stereocenters. The van der Waals surface area contributed by atoms with Crippen molar-refractivity contribution in [3.63, 3.8) is 0 Å². The van der Waals surface area contributed by atoms with Crippen LogP contribution >= 0.6 is 0 Å². The molecule has 27 heavy (non-hydrogen) atoms. The van der Waals surface area contributed by atoms with Crippen LogP contribution in [0.2, 0.25) is 0 Å². The van der Waals surface area contributed by atoms with Crippen molar-refractivity contribution in [2.24, 2.45) is 10.9 Å². The fourth-order valence-corrected chi connectivity index (χ4v) is 2.97. The zero-order valence-electron chi connectivity index (χ0n) is 18.5. The molecule has 2 aliphatic rings. The molecule has 2 aliphatic carbocycles. The Hall–Kier alpha value is -1.62. The van der Waals surface area contributed by atoms with Gasteiger partial charge >= 0.3 is 0 Å². The number of nitrogens with one attached hydrogen (secondary N) is 2. The van der Waals surface area contributed by atoms with E-state index in [2.05, 4.69) is 36.4 Å². The number of nitrogens with zero attached hydrogens (tertiary/aromatic N) is 1. The number of aliphatic hydroxyl groups is 1. The van der Waals surface area contributed by atoms with E-state index < -0.39 is 5.54 Å². The van der Waals surface area contributed by atoms with Crippen LogP contribution in [0.3, 0.4) is 0 Å². The summed E-state index contributed by atoms with van der Waals surface area (Å²) >= 11 is 0. The number of aliphatic hydroxyl groups excluding tert-OH is 1. The van der Waals surface area contributed by atoms with E-state index in [4.69, 9.17) is 0 Å². The first kappa shape index (κ1) is 23.4. The summed E-state index contributed by atoms with van der Waals surface area (Å²) in [6.45, 7) is 16.2. The van der Waals surface area contributed by atoms with E-state index in [0.29, 0.717) is 5.57 Å². The molecule has 1 amide bonds. The second kappa shape index (κ2) is 9.54. The molecule has 5 heteroatoms. The van der Waals surface area contributed by atoms with Crippen LogP contribution < -0.4 is 10.6 Å². The van der Waals surface area contributed by atoms with Crippen molar-refractivity contribution in [2.75, 3.05) is 6.61 Å². The highest BCUT2D eigenvalue weighted by Gasteiger charge is 2.44. The van der Waals surface area contributed by atoms with Crippen LogP contribution in [-0.2, 0) is 4.79 Å². The molecule has 2 saturated carbocycles. The first-order valence-electron chi connectivity index (χ1n) is 10.3. The Morgan fingerprint density at radius 1 is 1.15 bits per heavy atom. The molecule has 3 N–H and O–H groups in total. The summed E-state index contributed by atoms with van der Waals surface area (Å²) < 4.78 is 0. The Balaban J connectivity index is 0.00000176. The molecule has 2 rings (SSSR count). The minimum atomic E-state index is -0.427. The van der Waals surface area contributed by atoms with Gasteiger partial charge in [-0.15, -0.1) is 0 Å². The molecule has 0 aromatic carbocycles. The average molecular weight is 378 g/mol. The summed E-state index contributed by atoms with van der Waals surface area (Å²) in [5, 5.41) is 16.1. The number of aliphatic imine (C=N–C) groups is 1. The number of hydrogen-bond acceptors (Lipinski definition) is 4. The molecule has 0 spiro atoms. The second-order valence-electron chi connectivity index (χ2n) is 8.26. The van der Waals surface area contributed by atoms with Gasteiger partial charge in [0.15, 0.2) is 0 Å². The molecule has 0 radical (unpaired) electrons. The standard InChI is InChI=1S/C20H33N3O2.C2H6/c1-7-21-17(22-19(6)8-9-19)15(13(2)3)16(14(4)5)18(25)23-20(12-24)10-11-20;1-2/h7,13,22,24H,8-12H2,1-6H3,(H,23,25);1-2H3/b17-15-,21-7-;. The van der Waals surface area contributed by atoms with Gasteiger partial charge in [-0.05, 0) is 59.3 Å². The van der Waals surface area contributed by atoms with Crippen molar-refractivity contribution in [1.82, 2.24) is 10.6 Å². The van der Waals surface area contributed by atoms with Gasteiger partial charge in [-0.3, -0.25) is 4.79 Å².